The normalized spacial score (nSPS) is 22.0. The summed E-state index contributed by atoms with van der Waals surface area (Å²) in [6, 6.07) is 0. The van der Waals surface area contributed by atoms with Crippen molar-refractivity contribution < 1.29 is 13.9 Å². The molecular weight excluding hydrogens is 176 g/mol. The second kappa shape index (κ2) is 3.10. The molecule has 1 aliphatic carbocycles. The summed E-state index contributed by atoms with van der Waals surface area (Å²) in [5.41, 5.74) is 1.53. The number of nitrogens with zero attached hydrogens (tertiary/aromatic N) is 1. The van der Waals surface area contributed by atoms with Crippen LogP contribution in [-0.2, 0) is 6.42 Å². The summed E-state index contributed by atoms with van der Waals surface area (Å²) in [4.78, 5) is 0. The molecule has 0 radical (unpaired) electrons. The number of rotatable bonds is 1. The largest absolute Gasteiger partial charge is 0.388 e. The van der Waals surface area contributed by atoms with Gasteiger partial charge >= 0.3 is 6.55 Å². The summed E-state index contributed by atoms with van der Waals surface area (Å²) in [6.45, 7) is -2.50. The zero-order chi connectivity index (χ0) is 9.42. The molecule has 1 atom stereocenters. The molecular formula is C9H11F2NO. The van der Waals surface area contributed by atoms with E-state index in [1.165, 1.54) is 12.4 Å². The molecule has 0 saturated carbocycles. The zero-order valence-electron chi connectivity index (χ0n) is 7.08. The highest BCUT2D eigenvalue weighted by atomic mass is 19.3. The second-order valence-electron chi connectivity index (χ2n) is 3.37. The minimum absolute atomic E-state index is 0.552. The van der Waals surface area contributed by atoms with Crippen molar-refractivity contribution in [2.24, 2.45) is 0 Å². The molecule has 1 aromatic rings. The fraction of sp³-hybridized carbons (Fsp3) is 0.556. The van der Waals surface area contributed by atoms with Crippen molar-refractivity contribution in [1.82, 2.24) is 4.57 Å². The number of aliphatic hydroxyl groups excluding tert-OH is 1. The Hall–Kier alpha value is -0.900. The van der Waals surface area contributed by atoms with Crippen LogP contribution in [0.2, 0.25) is 0 Å². The summed E-state index contributed by atoms with van der Waals surface area (Å²) in [5, 5.41) is 9.50. The van der Waals surface area contributed by atoms with Crippen LogP contribution in [0.5, 0.6) is 0 Å². The molecule has 1 aromatic heterocycles. The van der Waals surface area contributed by atoms with E-state index in [0.29, 0.717) is 12.0 Å². The molecule has 4 heteroatoms. The Morgan fingerprint density at radius 3 is 2.85 bits per heavy atom. The molecule has 0 amide bonds. The Morgan fingerprint density at radius 2 is 2.23 bits per heavy atom. The van der Waals surface area contributed by atoms with Gasteiger partial charge in [0.1, 0.15) is 0 Å². The summed E-state index contributed by atoms with van der Waals surface area (Å²) in [5.74, 6) is 0. The van der Waals surface area contributed by atoms with Crippen LogP contribution >= 0.6 is 0 Å². The number of aliphatic hydroxyl groups is 1. The van der Waals surface area contributed by atoms with Gasteiger partial charge in [-0.2, -0.15) is 8.78 Å². The van der Waals surface area contributed by atoms with Crippen molar-refractivity contribution in [3.05, 3.63) is 23.5 Å². The van der Waals surface area contributed by atoms with Crippen LogP contribution in [0.1, 0.15) is 36.6 Å². The monoisotopic (exact) mass is 187 g/mol. The van der Waals surface area contributed by atoms with Crippen LogP contribution < -0.4 is 0 Å². The lowest BCUT2D eigenvalue weighted by Gasteiger charge is -2.16. The fourth-order valence-electron chi connectivity index (χ4n) is 1.80. The van der Waals surface area contributed by atoms with Crippen molar-refractivity contribution in [3.63, 3.8) is 0 Å². The highest BCUT2D eigenvalue weighted by Crippen LogP contribution is 2.31. The number of halogens is 2. The van der Waals surface area contributed by atoms with Crippen molar-refractivity contribution >= 4 is 0 Å². The Kier molecular flexibility index (Phi) is 2.07. The van der Waals surface area contributed by atoms with Gasteiger partial charge in [-0.15, -0.1) is 0 Å². The van der Waals surface area contributed by atoms with Gasteiger partial charge in [0.25, 0.3) is 0 Å². The van der Waals surface area contributed by atoms with Gasteiger partial charge in [-0.3, -0.25) is 4.57 Å². The van der Waals surface area contributed by atoms with Crippen molar-refractivity contribution in [2.75, 3.05) is 0 Å². The molecule has 0 bridgehead atoms. The number of hydrogen-bond donors (Lipinski definition) is 1. The number of aryl methyl sites for hydroxylation is 1. The third-order valence-corrected chi connectivity index (χ3v) is 2.47. The smallest absolute Gasteiger partial charge is 0.318 e. The van der Waals surface area contributed by atoms with Crippen LogP contribution in [0.4, 0.5) is 8.78 Å². The first-order chi connectivity index (χ1) is 6.18. The molecule has 0 aliphatic heterocycles. The first-order valence-corrected chi connectivity index (χ1v) is 4.35. The number of fused-ring (bicyclic) bond motifs is 1. The minimum atomic E-state index is -2.50. The average Bonchev–Trinajstić information content (AvgIpc) is 2.49. The van der Waals surface area contributed by atoms with E-state index < -0.39 is 12.7 Å². The molecule has 0 fully saturated rings. The first kappa shape index (κ1) is 8.69. The molecule has 1 aliphatic rings. The lowest BCUT2D eigenvalue weighted by atomic mass is 9.93. The van der Waals surface area contributed by atoms with Crippen LogP contribution in [0.25, 0.3) is 0 Å². The van der Waals surface area contributed by atoms with Gasteiger partial charge in [-0.1, -0.05) is 0 Å². The molecule has 0 spiro atoms. The Morgan fingerprint density at radius 1 is 1.46 bits per heavy atom. The maximum absolute atomic E-state index is 12.3. The van der Waals surface area contributed by atoms with Gasteiger partial charge < -0.3 is 5.11 Å². The lowest BCUT2D eigenvalue weighted by Crippen LogP contribution is -2.05. The highest BCUT2D eigenvalue weighted by molar-refractivity contribution is 5.29. The van der Waals surface area contributed by atoms with E-state index in [1.54, 1.807) is 0 Å². The van der Waals surface area contributed by atoms with Gasteiger partial charge in [0.15, 0.2) is 0 Å². The van der Waals surface area contributed by atoms with Gasteiger partial charge in [-0.25, -0.2) is 0 Å². The van der Waals surface area contributed by atoms with E-state index in [4.69, 9.17) is 0 Å². The zero-order valence-corrected chi connectivity index (χ0v) is 7.08. The van der Waals surface area contributed by atoms with Gasteiger partial charge in [0, 0.05) is 18.0 Å². The predicted octanol–water partition coefficient (Wildman–Crippen LogP) is 2.25. The molecule has 0 aromatic carbocycles. The minimum Gasteiger partial charge on any atom is -0.388 e. The maximum Gasteiger partial charge on any atom is 0.318 e. The fourth-order valence-corrected chi connectivity index (χ4v) is 1.80. The molecule has 1 unspecified atom stereocenters. The number of hydrogen-bond acceptors (Lipinski definition) is 1. The van der Waals surface area contributed by atoms with Crippen molar-refractivity contribution in [1.29, 1.82) is 0 Å². The molecule has 1 heterocycles. The van der Waals surface area contributed by atoms with E-state index in [2.05, 4.69) is 0 Å². The van der Waals surface area contributed by atoms with Gasteiger partial charge in [0.2, 0.25) is 0 Å². The van der Waals surface area contributed by atoms with Crippen molar-refractivity contribution in [2.45, 2.75) is 31.9 Å². The van der Waals surface area contributed by atoms with Gasteiger partial charge in [0.05, 0.1) is 6.10 Å². The summed E-state index contributed by atoms with van der Waals surface area (Å²) in [7, 11) is 0. The van der Waals surface area contributed by atoms with Crippen LogP contribution in [0, 0.1) is 0 Å². The van der Waals surface area contributed by atoms with E-state index in [1.807, 2.05) is 0 Å². The number of alkyl halides is 2. The van der Waals surface area contributed by atoms with E-state index >= 15 is 0 Å². The van der Waals surface area contributed by atoms with E-state index in [-0.39, 0.29) is 0 Å². The predicted molar refractivity (Wildman–Crippen MR) is 43.6 cm³/mol. The highest BCUT2D eigenvalue weighted by Gasteiger charge is 2.21. The van der Waals surface area contributed by atoms with E-state index in [0.717, 1.165) is 23.0 Å². The first-order valence-electron chi connectivity index (χ1n) is 4.35. The Labute approximate surface area is 74.8 Å². The molecule has 72 valence electrons. The standard InChI is InChI=1S/C9H11F2NO/c10-9(11)12-4-6-2-1-3-8(13)7(6)5-12/h4-5,8-9,13H,1-3H2. The summed E-state index contributed by atoms with van der Waals surface area (Å²) < 4.78 is 25.4. The number of aromatic nitrogens is 1. The molecule has 2 rings (SSSR count). The molecule has 0 saturated heterocycles. The summed E-state index contributed by atoms with van der Waals surface area (Å²) in [6.07, 6.45) is 4.59. The van der Waals surface area contributed by atoms with E-state index in [9.17, 15) is 13.9 Å². The Bertz CT molecular complexity index is 309. The third-order valence-electron chi connectivity index (χ3n) is 2.47. The average molecular weight is 187 g/mol. The molecule has 2 nitrogen and oxygen atoms in total. The molecule has 1 N–H and O–H groups in total. The second-order valence-corrected chi connectivity index (χ2v) is 3.37. The topological polar surface area (TPSA) is 25.2 Å². The van der Waals surface area contributed by atoms with Crippen LogP contribution in [0.15, 0.2) is 12.4 Å². The Balaban J connectivity index is 2.36. The quantitative estimate of drug-likeness (QED) is 0.716. The van der Waals surface area contributed by atoms with Crippen molar-refractivity contribution in [3.8, 4) is 0 Å². The third kappa shape index (κ3) is 1.46. The maximum atomic E-state index is 12.3. The summed E-state index contributed by atoms with van der Waals surface area (Å²) >= 11 is 0. The van der Waals surface area contributed by atoms with Crippen LogP contribution in [-0.4, -0.2) is 9.67 Å². The molecule has 13 heavy (non-hydrogen) atoms. The lowest BCUT2D eigenvalue weighted by molar-refractivity contribution is 0.0701. The SMILES string of the molecule is OC1CCCc2cn(C(F)F)cc21. The van der Waals surface area contributed by atoms with Gasteiger partial charge in [-0.05, 0) is 24.8 Å². The van der Waals surface area contributed by atoms with Crippen LogP contribution in [0.3, 0.4) is 0 Å².